The van der Waals surface area contributed by atoms with Crippen LogP contribution in [0, 0.1) is 0 Å². The highest BCUT2D eigenvalue weighted by molar-refractivity contribution is 7.99. The molecule has 1 aliphatic carbocycles. The van der Waals surface area contributed by atoms with E-state index in [1.54, 1.807) is 7.11 Å². The van der Waals surface area contributed by atoms with Gasteiger partial charge in [-0.3, -0.25) is 4.79 Å². The molecule has 134 valence electrons. The number of carbonyl (C=O) groups excluding carboxylic acids is 1. The van der Waals surface area contributed by atoms with Crippen molar-refractivity contribution >= 4 is 23.5 Å². The summed E-state index contributed by atoms with van der Waals surface area (Å²) in [5, 5.41) is 8.67. The number of methoxy groups -OCH3 is 1. The molecule has 1 unspecified atom stereocenters. The summed E-state index contributed by atoms with van der Waals surface area (Å²) >= 11 is 1.53. The molecule has 2 aromatic rings. The number of aromatic nitrogens is 3. The first-order valence-electron chi connectivity index (χ1n) is 8.58. The first-order valence-corrected chi connectivity index (χ1v) is 9.57. The minimum Gasteiger partial charge on any atom is -0.497 e. The van der Waals surface area contributed by atoms with Crippen molar-refractivity contribution in [1.29, 1.82) is 0 Å². The summed E-state index contributed by atoms with van der Waals surface area (Å²) in [5.41, 5.74) is 2.78. The molecule has 0 saturated carbocycles. The number of carbonyl (C=O) groups is 1. The Morgan fingerprint density at radius 3 is 2.92 bits per heavy atom. The fourth-order valence-electron chi connectivity index (χ4n) is 3.43. The van der Waals surface area contributed by atoms with Gasteiger partial charge in [-0.15, -0.1) is 11.7 Å². The summed E-state index contributed by atoms with van der Waals surface area (Å²) in [6, 6.07) is 7.54. The van der Waals surface area contributed by atoms with Gasteiger partial charge in [0.2, 0.25) is 11.1 Å². The van der Waals surface area contributed by atoms with Gasteiger partial charge in [-0.1, -0.05) is 30.0 Å². The molecule has 7 heteroatoms. The quantitative estimate of drug-likeness (QED) is 0.642. The Balaban J connectivity index is 1.81. The van der Waals surface area contributed by atoms with Crippen molar-refractivity contribution < 1.29 is 9.53 Å². The van der Waals surface area contributed by atoms with Crippen molar-refractivity contribution in [1.82, 2.24) is 14.8 Å². The number of rotatable bonds is 5. The zero-order valence-electron chi connectivity index (χ0n) is 14.6. The number of hydrogen-bond acceptors (Lipinski definition) is 6. The summed E-state index contributed by atoms with van der Waals surface area (Å²) < 4.78 is 7.09. The van der Waals surface area contributed by atoms with Crippen LogP contribution in [0.4, 0.5) is 5.95 Å². The Bertz CT molecular complexity index is 885. The molecule has 0 saturated heterocycles. The maximum atomic E-state index is 12.7. The molecule has 26 heavy (non-hydrogen) atoms. The highest BCUT2D eigenvalue weighted by Crippen LogP contribution is 2.40. The van der Waals surface area contributed by atoms with E-state index in [2.05, 4.69) is 22.0 Å². The van der Waals surface area contributed by atoms with Gasteiger partial charge in [-0.05, 0) is 30.5 Å². The summed E-state index contributed by atoms with van der Waals surface area (Å²) in [7, 11) is 1.64. The maximum absolute atomic E-state index is 12.7. The van der Waals surface area contributed by atoms with Crippen molar-refractivity contribution in [3.05, 3.63) is 53.8 Å². The van der Waals surface area contributed by atoms with Gasteiger partial charge >= 0.3 is 0 Å². The van der Waals surface area contributed by atoms with Crippen LogP contribution in [0.2, 0.25) is 0 Å². The molecular formula is C19H20N4O2S. The summed E-state index contributed by atoms with van der Waals surface area (Å²) in [6.45, 7) is 3.74. The smallest absolute Gasteiger partial charge is 0.227 e. The van der Waals surface area contributed by atoms with Crippen LogP contribution in [-0.4, -0.2) is 33.4 Å². The van der Waals surface area contributed by atoms with Crippen LogP contribution in [0.1, 0.15) is 30.9 Å². The molecule has 1 aromatic carbocycles. The number of nitrogens with zero attached hydrogens (tertiary/aromatic N) is 3. The summed E-state index contributed by atoms with van der Waals surface area (Å²) in [5.74, 6) is 2.39. The lowest BCUT2D eigenvalue weighted by atomic mass is 9.85. The second kappa shape index (κ2) is 6.99. The van der Waals surface area contributed by atoms with E-state index >= 15 is 0 Å². The molecule has 2 heterocycles. The fourth-order valence-corrected chi connectivity index (χ4v) is 3.99. The van der Waals surface area contributed by atoms with Gasteiger partial charge in [-0.2, -0.15) is 4.98 Å². The van der Waals surface area contributed by atoms with Crippen LogP contribution in [0.15, 0.2) is 53.3 Å². The fraction of sp³-hybridized carbons (Fsp3) is 0.316. The lowest BCUT2D eigenvalue weighted by Crippen LogP contribution is -2.31. The molecule has 0 radical (unpaired) electrons. The van der Waals surface area contributed by atoms with Gasteiger partial charge in [0.15, 0.2) is 5.78 Å². The lowest BCUT2D eigenvalue weighted by molar-refractivity contribution is -0.116. The molecule has 0 fully saturated rings. The zero-order valence-corrected chi connectivity index (χ0v) is 15.4. The van der Waals surface area contributed by atoms with Crippen LogP contribution < -0.4 is 10.1 Å². The molecule has 1 aliphatic heterocycles. The molecular weight excluding hydrogens is 348 g/mol. The third kappa shape index (κ3) is 2.92. The van der Waals surface area contributed by atoms with Crippen molar-refractivity contribution in [3.8, 4) is 5.75 Å². The van der Waals surface area contributed by atoms with E-state index in [0.717, 1.165) is 41.2 Å². The van der Waals surface area contributed by atoms with E-state index in [1.807, 2.05) is 35.0 Å². The second-order valence-corrected chi connectivity index (χ2v) is 7.22. The number of Topliss-reactive ketones (excluding diaryl/α,β-unsaturated/α-hetero) is 1. The van der Waals surface area contributed by atoms with E-state index in [9.17, 15) is 4.79 Å². The highest BCUT2D eigenvalue weighted by Gasteiger charge is 2.36. The average molecular weight is 368 g/mol. The van der Waals surface area contributed by atoms with E-state index in [1.165, 1.54) is 11.8 Å². The Morgan fingerprint density at radius 1 is 1.38 bits per heavy atom. The van der Waals surface area contributed by atoms with Crippen molar-refractivity contribution in [2.24, 2.45) is 0 Å². The predicted octanol–water partition coefficient (Wildman–Crippen LogP) is 3.59. The second-order valence-electron chi connectivity index (χ2n) is 6.23. The van der Waals surface area contributed by atoms with Crippen LogP contribution in [0.25, 0.3) is 0 Å². The highest BCUT2D eigenvalue weighted by atomic mass is 32.2. The van der Waals surface area contributed by atoms with Gasteiger partial charge in [0.1, 0.15) is 11.8 Å². The van der Waals surface area contributed by atoms with Crippen LogP contribution in [-0.2, 0) is 4.79 Å². The van der Waals surface area contributed by atoms with Crippen molar-refractivity contribution in [2.45, 2.75) is 30.5 Å². The van der Waals surface area contributed by atoms with Crippen molar-refractivity contribution in [2.75, 3.05) is 18.2 Å². The largest absolute Gasteiger partial charge is 0.497 e. The monoisotopic (exact) mass is 368 g/mol. The van der Waals surface area contributed by atoms with Crippen LogP contribution in [0.3, 0.4) is 0 Å². The normalized spacial score (nSPS) is 18.8. The number of hydrogen-bond donors (Lipinski definition) is 1. The third-order valence-corrected chi connectivity index (χ3v) is 5.44. The third-order valence-electron chi connectivity index (χ3n) is 4.61. The minimum atomic E-state index is -0.259. The number of thioether (sulfide) groups is 1. The number of nitrogens with one attached hydrogen (secondary N) is 1. The van der Waals surface area contributed by atoms with E-state index < -0.39 is 0 Å². The predicted molar refractivity (Wildman–Crippen MR) is 102 cm³/mol. The molecule has 0 spiro atoms. The maximum Gasteiger partial charge on any atom is 0.227 e. The van der Waals surface area contributed by atoms with Crippen molar-refractivity contribution in [3.63, 3.8) is 0 Å². The molecule has 6 nitrogen and oxygen atoms in total. The van der Waals surface area contributed by atoms with Gasteiger partial charge in [-0.25, -0.2) is 4.68 Å². The SMILES string of the molecule is C=CCSc1nc2n(n1)C(c1ccc(OC)cc1)C1=C(CCCC1=O)N2. The van der Waals surface area contributed by atoms with Crippen LogP contribution >= 0.6 is 11.8 Å². The first-order chi connectivity index (χ1) is 12.7. The topological polar surface area (TPSA) is 69.0 Å². The number of ketones is 1. The molecule has 1 aromatic heterocycles. The van der Waals surface area contributed by atoms with E-state index in [-0.39, 0.29) is 11.8 Å². The Hall–Kier alpha value is -2.54. The molecule has 1 atom stereocenters. The van der Waals surface area contributed by atoms with E-state index in [0.29, 0.717) is 17.5 Å². The van der Waals surface area contributed by atoms with Gasteiger partial charge in [0, 0.05) is 23.4 Å². The van der Waals surface area contributed by atoms with Gasteiger partial charge < -0.3 is 10.1 Å². The Morgan fingerprint density at radius 2 is 2.19 bits per heavy atom. The molecule has 1 N–H and O–H groups in total. The summed E-state index contributed by atoms with van der Waals surface area (Å²) in [6.07, 6.45) is 4.13. The number of ether oxygens (including phenoxy) is 1. The van der Waals surface area contributed by atoms with Gasteiger partial charge in [0.05, 0.1) is 7.11 Å². The lowest BCUT2D eigenvalue weighted by Gasteiger charge is -2.32. The average Bonchev–Trinajstić information content (AvgIpc) is 3.07. The molecule has 4 rings (SSSR count). The zero-order chi connectivity index (χ0) is 18.1. The number of anilines is 1. The Kier molecular flexibility index (Phi) is 4.55. The first kappa shape index (κ1) is 16.9. The van der Waals surface area contributed by atoms with E-state index in [4.69, 9.17) is 4.74 Å². The number of benzene rings is 1. The van der Waals surface area contributed by atoms with Crippen LogP contribution in [0.5, 0.6) is 5.75 Å². The molecule has 0 bridgehead atoms. The summed E-state index contributed by atoms with van der Waals surface area (Å²) in [4.78, 5) is 17.3. The number of allylic oxidation sites excluding steroid dienone is 2. The number of fused-ring (bicyclic) bond motifs is 1. The molecule has 2 aliphatic rings. The minimum absolute atomic E-state index is 0.181. The standard InChI is InChI=1S/C19H20N4O2S/c1-3-11-26-19-21-18-20-14-5-4-6-15(24)16(14)17(23(18)22-19)12-7-9-13(25-2)10-8-12/h3,7-10,17H,1,4-6,11H2,2H3,(H,20,21,22). The van der Waals surface area contributed by atoms with Gasteiger partial charge in [0.25, 0.3) is 0 Å². The Labute approximate surface area is 156 Å². The molecule has 0 amide bonds.